The van der Waals surface area contributed by atoms with Crippen molar-refractivity contribution in [2.45, 2.75) is 38.9 Å². The summed E-state index contributed by atoms with van der Waals surface area (Å²) in [6.07, 6.45) is 1.92. The monoisotopic (exact) mass is 323 g/mol. The molecule has 0 radical (unpaired) electrons. The molecule has 6 heteroatoms. The van der Waals surface area contributed by atoms with Crippen LogP contribution in [0.25, 0.3) is 0 Å². The highest BCUT2D eigenvalue weighted by Crippen LogP contribution is 2.36. The summed E-state index contributed by atoms with van der Waals surface area (Å²) in [6.45, 7) is 6.40. The minimum absolute atomic E-state index is 0. The molecule has 1 aliphatic heterocycles. The van der Waals surface area contributed by atoms with Crippen molar-refractivity contribution in [1.82, 2.24) is 4.98 Å². The Kier molecular flexibility index (Phi) is 6.24. The number of nitrogens with zero attached hydrogens (tertiary/aromatic N) is 1. The largest absolute Gasteiger partial charge is 0.461 e. The fraction of sp³-hybridized carbons (Fsp3) is 0.615. The zero-order chi connectivity index (χ0) is 13.2. The van der Waals surface area contributed by atoms with E-state index in [2.05, 4.69) is 4.98 Å². The molecule has 0 fully saturated rings. The molecule has 0 aliphatic carbocycles. The van der Waals surface area contributed by atoms with Crippen LogP contribution in [0.5, 0.6) is 5.75 Å². The van der Waals surface area contributed by atoms with Crippen LogP contribution in [0.4, 0.5) is 0 Å². The average Bonchev–Trinajstić information content (AvgIpc) is 2.32. The Morgan fingerprint density at radius 3 is 2.89 bits per heavy atom. The first-order valence-electron chi connectivity index (χ1n) is 5.97. The SMILES string of the molecule is Cc1ncc(CSCCCl)c2c1OC(C)(C)OC2.Cl. The van der Waals surface area contributed by atoms with Gasteiger partial charge in [-0.1, -0.05) is 0 Å². The number of alkyl halides is 1. The van der Waals surface area contributed by atoms with Gasteiger partial charge in [-0.05, 0) is 12.5 Å². The summed E-state index contributed by atoms with van der Waals surface area (Å²) < 4.78 is 11.6. The first-order valence-corrected chi connectivity index (χ1v) is 7.66. The second-order valence-corrected chi connectivity index (χ2v) is 6.19. The van der Waals surface area contributed by atoms with Crippen LogP contribution >= 0.6 is 35.8 Å². The van der Waals surface area contributed by atoms with Crippen molar-refractivity contribution in [2.24, 2.45) is 0 Å². The van der Waals surface area contributed by atoms with Crippen molar-refractivity contribution in [3.8, 4) is 5.75 Å². The number of thioether (sulfide) groups is 1. The fourth-order valence-electron chi connectivity index (χ4n) is 1.85. The van der Waals surface area contributed by atoms with Crippen molar-refractivity contribution < 1.29 is 9.47 Å². The molecule has 19 heavy (non-hydrogen) atoms. The average molecular weight is 324 g/mol. The topological polar surface area (TPSA) is 31.4 Å². The Morgan fingerprint density at radius 2 is 2.21 bits per heavy atom. The van der Waals surface area contributed by atoms with E-state index in [-0.39, 0.29) is 12.4 Å². The molecule has 0 unspecified atom stereocenters. The number of fused-ring (bicyclic) bond motifs is 1. The molecule has 0 amide bonds. The van der Waals surface area contributed by atoms with Gasteiger partial charge < -0.3 is 9.47 Å². The predicted molar refractivity (Wildman–Crippen MR) is 82.6 cm³/mol. The summed E-state index contributed by atoms with van der Waals surface area (Å²) >= 11 is 7.49. The van der Waals surface area contributed by atoms with E-state index in [1.807, 2.05) is 27.0 Å². The standard InChI is InChI=1S/C13H18ClNO2S.ClH/c1-9-12-11(7-16-13(2,3)17-12)10(6-15-9)8-18-5-4-14;/h6H,4-5,7-8H2,1-3H3;1H. The van der Waals surface area contributed by atoms with Crippen LogP contribution in [0.2, 0.25) is 0 Å². The van der Waals surface area contributed by atoms with Crippen LogP contribution in [-0.4, -0.2) is 22.4 Å². The van der Waals surface area contributed by atoms with Crippen molar-refractivity contribution >= 4 is 35.8 Å². The highest BCUT2D eigenvalue weighted by atomic mass is 35.5. The third kappa shape index (κ3) is 4.15. The number of hydrogen-bond donors (Lipinski definition) is 0. The molecule has 2 rings (SSSR count). The Morgan fingerprint density at radius 1 is 1.47 bits per heavy atom. The number of ether oxygens (including phenoxy) is 2. The van der Waals surface area contributed by atoms with E-state index < -0.39 is 5.79 Å². The van der Waals surface area contributed by atoms with Crippen LogP contribution in [0, 0.1) is 6.92 Å². The summed E-state index contributed by atoms with van der Waals surface area (Å²) in [6, 6.07) is 0. The normalized spacial score (nSPS) is 16.2. The molecule has 1 aromatic heterocycles. The van der Waals surface area contributed by atoms with Crippen LogP contribution in [0.1, 0.15) is 30.7 Å². The third-order valence-corrected chi connectivity index (χ3v) is 4.22. The molecule has 0 atom stereocenters. The van der Waals surface area contributed by atoms with Gasteiger partial charge in [-0.3, -0.25) is 4.98 Å². The Hall–Kier alpha value is -0.160. The van der Waals surface area contributed by atoms with Crippen LogP contribution in [0.3, 0.4) is 0 Å². The highest BCUT2D eigenvalue weighted by Gasteiger charge is 2.30. The summed E-state index contributed by atoms with van der Waals surface area (Å²) in [5.41, 5.74) is 3.23. The van der Waals surface area contributed by atoms with Gasteiger partial charge in [0.05, 0.1) is 12.3 Å². The molecule has 2 heterocycles. The van der Waals surface area contributed by atoms with Gasteiger partial charge in [-0.25, -0.2) is 0 Å². The van der Waals surface area contributed by atoms with E-state index >= 15 is 0 Å². The number of pyridine rings is 1. The van der Waals surface area contributed by atoms with E-state index in [9.17, 15) is 0 Å². The van der Waals surface area contributed by atoms with Gasteiger partial charge in [0.1, 0.15) is 5.75 Å². The third-order valence-electron chi connectivity index (χ3n) is 2.80. The molecule has 0 aromatic carbocycles. The quantitative estimate of drug-likeness (QED) is 0.620. The maximum absolute atomic E-state index is 5.88. The number of rotatable bonds is 4. The first kappa shape index (κ1) is 16.9. The molecule has 1 aliphatic rings. The molecule has 0 N–H and O–H groups in total. The molecule has 1 aromatic rings. The molecule has 108 valence electrons. The lowest BCUT2D eigenvalue weighted by Crippen LogP contribution is -2.36. The maximum atomic E-state index is 5.88. The van der Waals surface area contributed by atoms with Crippen molar-refractivity contribution in [2.75, 3.05) is 11.6 Å². The summed E-state index contributed by atoms with van der Waals surface area (Å²) in [4.78, 5) is 4.41. The van der Waals surface area contributed by atoms with Crippen LogP contribution < -0.4 is 4.74 Å². The maximum Gasteiger partial charge on any atom is 0.205 e. The van der Waals surface area contributed by atoms with Gasteiger partial charge in [0.15, 0.2) is 0 Å². The summed E-state index contributed by atoms with van der Waals surface area (Å²) in [7, 11) is 0. The minimum atomic E-state index is -0.568. The summed E-state index contributed by atoms with van der Waals surface area (Å²) in [5, 5.41) is 0. The molecule has 0 bridgehead atoms. The Balaban J connectivity index is 0.00000180. The molecule has 0 saturated carbocycles. The van der Waals surface area contributed by atoms with E-state index in [1.54, 1.807) is 11.8 Å². The van der Waals surface area contributed by atoms with E-state index in [4.69, 9.17) is 21.1 Å². The van der Waals surface area contributed by atoms with Crippen LogP contribution in [-0.2, 0) is 17.1 Å². The second-order valence-electron chi connectivity index (χ2n) is 4.71. The fourth-order valence-corrected chi connectivity index (χ4v) is 2.90. The lowest BCUT2D eigenvalue weighted by Gasteiger charge is -2.34. The van der Waals surface area contributed by atoms with Gasteiger partial charge in [0, 0.05) is 43.0 Å². The number of halogens is 2. The predicted octanol–water partition coefficient (Wildman–Crippen LogP) is 3.93. The molecule has 3 nitrogen and oxygen atoms in total. The van der Waals surface area contributed by atoms with E-state index in [0.717, 1.165) is 28.5 Å². The molecule has 0 spiro atoms. The zero-order valence-electron chi connectivity index (χ0n) is 11.4. The molecular weight excluding hydrogens is 305 g/mol. The number of aryl methyl sites for hydroxylation is 1. The van der Waals surface area contributed by atoms with Gasteiger partial charge >= 0.3 is 0 Å². The second kappa shape index (κ2) is 7.02. The van der Waals surface area contributed by atoms with Gasteiger partial charge in [0.25, 0.3) is 0 Å². The zero-order valence-corrected chi connectivity index (χ0v) is 13.8. The lowest BCUT2D eigenvalue weighted by atomic mass is 10.1. The van der Waals surface area contributed by atoms with E-state index in [0.29, 0.717) is 12.5 Å². The Bertz CT molecular complexity index is 441. The van der Waals surface area contributed by atoms with Gasteiger partial charge in [-0.2, -0.15) is 11.8 Å². The van der Waals surface area contributed by atoms with Crippen molar-refractivity contribution in [3.05, 3.63) is 23.0 Å². The molecule has 0 saturated heterocycles. The minimum Gasteiger partial charge on any atom is -0.461 e. The highest BCUT2D eigenvalue weighted by molar-refractivity contribution is 7.98. The number of hydrogen-bond acceptors (Lipinski definition) is 4. The Labute approximate surface area is 129 Å². The van der Waals surface area contributed by atoms with E-state index in [1.165, 1.54) is 5.56 Å². The summed E-state index contributed by atoms with van der Waals surface area (Å²) in [5.74, 6) is 2.83. The smallest absolute Gasteiger partial charge is 0.205 e. The van der Waals surface area contributed by atoms with Crippen molar-refractivity contribution in [1.29, 1.82) is 0 Å². The van der Waals surface area contributed by atoms with Gasteiger partial charge in [-0.15, -0.1) is 24.0 Å². The first-order chi connectivity index (χ1) is 8.53. The van der Waals surface area contributed by atoms with Gasteiger partial charge in [0.2, 0.25) is 5.79 Å². The number of aromatic nitrogens is 1. The van der Waals surface area contributed by atoms with Crippen molar-refractivity contribution in [3.63, 3.8) is 0 Å². The lowest BCUT2D eigenvalue weighted by molar-refractivity contribution is -0.180. The molecular formula is C13H19Cl2NO2S. The van der Waals surface area contributed by atoms with Crippen LogP contribution in [0.15, 0.2) is 6.20 Å².